The first-order valence-corrected chi connectivity index (χ1v) is 8.73. The van der Waals surface area contributed by atoms with Crippen molar-refractivity contribution in [2.75, 3.05) is 5.32 Å². The summed E-state index contributed by atoms with van der Waals surface area (Å²) >= 11 is 3.24. The largest absolute Gasteiger partial charge is 0.322 e. The normalized spacial score (nSPS) is 11.3. The number of aryl methyl sites for hydroxylation is 2. The minimum atomic E-state index is -3.86. The molecular weight excluding hydrogens is 368 g/mol. The van der Waals surface area contributed by atoms with Crippen LogP contribution in [0.15, 0.2) is 45.8 Å². The Hall–Kier alpha value is -1.70. The van der Waals surface area contributed by atoms with E-state index in [1.54, 1.807) is 6.07 Å². The van der Waals surface area contributed by atoms with Crippen molar-refractivity contribution >= 4 is 37.5 Å². The molecule has 3 N–H and O–H groups in total. The lowest BCUT2D eigenvalue weighted by atomic mass is 10.1. The molecule has 0 aromatic heterocycles. The van der Waals surface area contributed by atoms with E-state index >= 15 is 0 Å². The number of hydrogen-bond acceptors (Lipinski definition) is 3. The second kappa shape index (κ2) is 6.20. The number of amides is 1. The van der Waals surface area contributed by atoms with E-state index < -0.39 is 15.9 Å². The molecule has 116 valence electrons. The number of halogens is 1. The van der Waals surface area contributed by atoms with Gasteiger partial charge in [-0.1, -0.05) is 17.7 Å². The second-order valence-electron chi connectivity index (χ2n) is 4.96. The summed E-state index contributed by atoms with van der Waals surface area (Å²) in [5.74, 6) is -0.413. The molecule has 0 saturated heterocycles. The topological polar surface area (TPSA) is 89.3 Å². The predicted molar refractivity (Wildman–Crippen MR) is 89.4 cm³/mol. The van der Waals surface area contributed by atoms with Crippen LogP contribution in [0.2, 0.25) is 0 Å². The number of carbonyl (C=O) groups excluding carboxylic acids is 1. The molecule has 5 nitrogen and oxygen atoms in total. The minimum Gasteiger partial charge on any atom is -0.322 e. The molecule has 0 aliphatic rings. The zero-order valence-corrected chi connectivity index (χ0v) is 14.5. The maximum absolute atomic E-state index is 12.4. The van der Waals surface area contributed by atoms with Crippen LogP contribution in [0.1, 0.15) is 21.5 Å². The summed E-state index contributed by atoms with van der Waals surface area (Å²) in [6, 6.07) is 9.71. The third-order valence-electron chi connectivity index (χ3n) is 3.14. The SMILES string of the molecule is Cc1ccc(NC(=O)c2cc(S(N)(=O)=O)ccc2Br)c(C)c1. The summed E-state index contributed by atoms with van der Waals surface area (Å²) in [6.07, 6.45) is 0. The molecule has 7 heteroatoms. The van der Waals surface area contributed by atoms with E-state index in [1.807, 2.05) is 26.0 Å². The molecule has 1 amide bonds. The number of nitrogens with one attached hydrogen (secondary N) is 1. The van der Waals surface area contributed by atoms with Crippen LogP contribution in [0.4, 0.5) is 5.69 Å². The van der Waals surface area contributed by atoms with Gasteiger partial charge in [0, 0.05) is 10.2 Å². The molecule has 2 aromatic rings. The highest BCUT2D eigenvalue weighted by molar-refractivity contribution is 9.10. The van der Waals surface area contributed by atoms with Crippen LogP contribution in [0.3, 0.4) is 0 Å². The highest BCUT2D eigenvalue weighted by Crippen LogP contribution is 2.23. The van der Waals surface area contributed by atoms with Gasteiger partial charge < -0.3 is 5.32 Å². The maximum Gasteiger partial charge on any atom is 0.256 e. The van der Waals surface area contributed by atoms with Crippen LogP contribution in [-0.2, 0) is 10.0 Å². The fourth-order valence-corrected chi connectivity index (χ4v) is 2.97. The Balaban J connectivity index is 2.37. The average molecular weight is 383 g/mol. The van der Waals surface area contributed by atoms with Gasteiger partial charge in [0.25, 0.3) is 5.91 Å². The Morgan fingerprint density at radius 3 is 2.41 bits per heavy atom. The van der Waals surface area contributed by atoms with Crippen LogP contribution >= 0.6 is 15.9 Å². The van der Waals surface area contributed by atoms with Crippen LogP contribution < -0.4 is 10.5 Å². The van der Waals surface area contributed by atoms with Gasteiger partial charge in [0.1, 0.15) is 0 Å². The van der Waals surface area contributed by atoms with Crippen molar-refractivity contribution in [3.63, 3.8) is 0 Å². The van der Waals surface area contributed by atoms with Gasteiger partial charge in [0.2, 0.25) is 10.0 Å². The molecule has 22 heavy (non-hydrogen) atoms. The third kappa shape index (κ3) is 3.73. The van der Waals surface area contributed by atoms with Gasteiger partial charge in [-0.25, -0.2) is 13.6 Å². The van der Waals surface area contributed by atoms with Gasteiger partial charge in [0.05, 0.1) is 10.5 Å². The van der Waals surface area contributed by atoms with Crippen molar-refractivity contribution in [3.05, 3.63) is 57.6 Å². The monoisotopic (exact) mass is 382 g/mol. The first-order valence-electron chi connectivity index (χ1n) is 6.39. The van der Waals surface area contributed by atoms with Crippen LogP contribution in [0.25, 0.3) is 0 Å². The molecule has 0 radical (unpaired) electrons. The fraction of sp³-hybridized carbons (Fsp3) is 0.133. The van der Waals surface area contributed by atoms with Crippen LogP contribution in [0.5, 0.6) is 0 Å². The molecule has 2 rings (SSSR count). The van der Waals surface area contributed by atoms with Gasteiger partial charge >= 0.3 is 0 Å². The molecule has 0 unspecified atom stereocenters. The summed E-state index contributed by atoms with van der Waals surface area (Å²) in [5.41, 5.74) is 2.88. The average Bonchev–Trinajstić information content (AvgIpc) is 2.41. The second-order valence-corrected chi connectivity index (χ2v) is 7.37. The Morgan fingerprint density at radius 2 is 1.82 bits per heavy atom. The predicted octanol–water partition coefficient (Wildman–Crippen LogP) is 2.97. The lowest BCUT2D eigenvalue weighted by molar-refractivity contribution is 0.102. The van der Waals surface area contributed by atoms with Gasteiger partial charge in [-0.15, -0.1) is 0 Å². The van der Waals surface area contributed by atoms with E-state index in [4.69, 9.17) is 5.14 Å². The van der Waals surface area contributed by atoms with Crippen molar-refractivity contribution < 1.29 is 13.2 Å². The molecule has 0 aliphatic heterocycles. The molecule has 0 fully saturated rings. The first-order chi connectivity index (χ1) is 10.2. The summed E-state index contributed by atoms with van der Waals surface area (Å²) in [7, 11) is -3.86. The van der Waals surface area contributed by atoms with Crippen LogP contribution in [0, 0.1) is 13.8 Å². The van der Waals surface area contributed by atoms with E-state index in [9.17, 15) is 13.2 Å². The zero-order valence-electron chi connectivity index (χ0n) is 12.1. The molecule has 0 spiro atoms. The van der Waals surface area contributed by atoms with Crippen molar-refractivity contribution in [1.82, 2.24) is 0 Å². The molecule has 0 heterocycles. The smallest absolute Gasteiger partial charge is 0.256 e. The number of sulfonamides is 1. The summed E-state index contributed by atoms with van der Waals surface area (Å²) in [4.78, 5) is 12.3. The number of primary sulfonamides is 1. The van der Waals surface area contributed by atoms with Gasteiger partial charge in [-0.05, 0) is 59.6 Å². The fourth-order valence-electron chi connectivity index (χ4n) is 2.00. The van der Waals surface area contributed by atoms with Gasteiger partial charge in [0.15, 0.2) is 0 Å². The number of rotatable bonds is 3. The molecule has 0 atom stereocenters. The molecule has 0 saturated carbocycles. The first kappa shape index (κ1) is 16.7. The van der Waals surface area contributed by atoms with Gasteiger partial charge in [-0.3, -0.25) is 4.79 Å². The van der Waals surface area contributed by atoms with Crippen molar-refractivity contribution in [1.29, 1.82) is 0 Å². The minimum absolute atomic E-state index is 0.110. The lowest BCUT2D eigenvalue weighted by Gasteiger charge is -2.11. The van der Waals surface area contributed by atoms with E-state index in [2.05, 4.69) is 21.2 Å². The summed E-state index contributed by atoms with van der Waals surface area (Å²) in [6.45, 7) is 3.85. The lowest BCUT2D eigenvalue weighted by Crippen LogP contribution is -2.16. The summed E-state index contributed by atoms with van der Waals surface area (Å²) in [5, 5.41) is 7.86. The van der Waals surface area contributed by atoms with E-state index in [0.29, 0.717) is 10.2 Å². The van der Waals surface area contributed by atoms with E-state index in [1.165, 1.54) is 18.2 Å². The Kier molecular flexibility index (Phi) is 4.69. The van der Waals surface area contributed by atoms with Crippen molar-refractivity contribution in [2.45, 2.75) is 18.7 Å². The number of hydrogen-bond donors (Lipinski definition) is 2. The standard InChI is InChI=1S/C15H15BrN2O3S/c1-9-3-6-14(10(2)7-9)18-15(19)12-8-11(22(17,20)21)4-5-13(12)16/h3-8H,1-2H3,(H,18,19)(H2,17,20,21). The highest BCUT2D eigenvalue weighted by Gasteiger charge is 2.16. The van der Waals surface area contributed by atoms with E-state index in [0.717, 1.165) is 11.1 Å². The summed E-state index contributed by atoms with van der Waals surface area (Å²) < 4.78 is 23.3. The van der Waals surface area contributed by atoms with Crippen LogP contribution in [-0.4, -0.2) is 14.3 Å². The zero-order chi connectivity index (χ0) is 16.5. The number of benzene rings is 2. The van der Waals surface area contributed by atoms with Crippen molar-refractivity contribution in [2.24, 2.45) is 5.14 Å². The molecular formula is C15H15BrN2O3S. The Labute approximate surface area is 137 Å². The highest BCUT2D eigenvalue weighted by atomic mass is 79.9. The Bertz CT molecular complexity index is 848. The molecule has 0 bridgehead atoms. The number of nitrogens with two attached hydrogens (primary N) is 1. The van der Waals surface area contributed by atoms with E-state index in [-0.39, 0.29) is 10.5 Å². The number of anilines is 1. The molecule has 2 aromatic carbocycles. The number of carbonyl (C=O) groups is 1. The molecule has 0 aliphatic carbocycles. The van der Waals surface area contributed by atoms with Gasteiger partial charge in [-0.2, -0.15) is 0 Å². The maximum atomic E-state index is 12.4. The van der Waals surface area contributed by atoms with Crippen molar-refractivity contribution in [3.8, 4) is 0 Å². The Morgan fingerprint density at radius 1 is 1.14 bits per heavy atom. The third-order valence-corrected chi connectivity index (χ3v) is 4.74. The quantitative estimate of drug-likeness (QED) is 0.854.